The van der Waals surface area contributed by atoms with Crippen LogP contribution in [0.4, 0.5) is 0 Å². The van der Waals surface area contributed by atoms with Gasteiger partial charge in [0.1, 0.15) is 0 Å². The zero-order valence-corrected chi connectivity index (χ0v) is 25.0. The summed E-state index contributed by atoms with van der Waals surface area (Å²) < 4.78 is 0. The van der Waals surface area contributed by atoms with Gasteiger partial charge >= 0.3 is 75.1 Å². The van der Waals surface area contributed by atoms with E-state index in [-0.39, 0.29) is 112 Å². The zero-order chi connectivity index (χ0) is 19.4. The van der Waals surface area contributed by atoms with E-state index in [1.807, 2.05) is 20.8 Å². The molecule has 10 heteroatoms. The summed E-state index contributed by atoms with van der Waals surface area (Å²) in [5.74, 6) is -2.13. The first kappa shape index (κ1) is 63.2. The number of carbonyl (C=O) groups excluding carboxylic acids is 1. The van der Waals surface area contributed by atoms with E-state index in [2.05, 4.69) is 27.2 Å². The van der Waals surface area contributed by atoms with Crippen molar-refractivity contribution < 1.29 is 43.4 Å². The van der Waals surface area contributed by atoms with E-state index in [0.29, 0.717) is 11.8 Å². The molecule has 0 saturated heterocycles. The molecule has 4 N–H and O–H groups in total. The van der Waals surface area contributed by atoms with Gasteiger partial charge in [-0.3, -0.25) is 4.79 Å². The van der Waals surface area contributed by atoms with Gasteiger partial charge in [-0.2, -0.15) is 13.3 Å². The van der Waals surface area contributed by atoms with Crippen molar-refractivity contribution in [1.82, 2.24) is 0 Å². The summed E-state index contributed by atoms with van der Waals surface area (Å²) in [4.78, 5) is 19.7. The van der Waals surface area contributed by atoms with Crippen molar-refractivity contribution >= 4 is 92.7 Å². The van der Waals surface area contributed by atoms with Crippen LogP contribution in [0, 0.1) is 18.3 Å². The molecule has 29 heavy (non-hydrogen) atoms. The third-order valence-electron chi connectivity index (χ3n) is 3.02. The van der Waals surface area contributed by atoms with Crippen LogP contribution in [-0.4, -0.2) is 91.6 Å². The Morgan fingerprint density at radius 3 is 1.21 bits per heavy atom. The quantitative estimate of drug-likeness (QED) is 0.249. The Hall–Kier alpha value is 1.78. The molecule has 0 aliphatic carbocycles. The number of rotatable bonds is 6. The molecule has 0 aromatic carbocycles. The van der Waals surface area contributed by atoms with Crippen molar-refractivity contribution in [3.63, 3.8) is 0 Å². The topological polar surface area (TPSA) is 110 Å². The summed E-state index contributed by atoms with van der Waals surface area (Å²) in [6.07, 6.45) is 5.76. The third kappa shape index (κ3) is 81.6. The van der Waals surface area contributed by atoms with Crippen molar-refractivity contribution in [3.8, 4) is 0 Å². The molecule has 3 unspecified atom stereocenters. The molecule has 0 amide bonds. The molecule has 0 heterocycles. The predicted octanol–water partition coefficient (Wildman–Crippen LogP) is 0.570. The molecule has 0 bridgehead atoms. The van der Waals surface area contributed by atoms with Crippen LogP contribution in [0.25, 0.3) is 0 Å². The maximum absolute atomic E-state index is 9.93. The monoisotopic (exact) mass is 498 g/mol. The van der Waals surface area contributed by atoms with Crippen LogP contribution in [0.15, 0.2) is 0 Å². The second-order valence-electron chi connectivity index (χ2n) is 5.28. The molecule has 0 aliphatic rings. The number of alkyl halides is 1. The number of aliphatic carboxylic acids is 2. The normalized spacial score (nSPS) is 10.1. The van der Waals surface area contributed by atoms with Crippen LogP contribution in [0.5, 0.6) is 0 Å². The van der Waals surface area contributed by atoms with Crippen molar-refractivity contribution in [2.24, 2.45) is 11.8 Å². The van der Waals surface area contributed by atoms with Crippen molar-refractivity contribution in [3.05, 3.63) is 6.42 Å². The van der Waals surface area contributed by atoms with E-state index in [4.69, 9.17) is 16.7 Å². The van der Waals surface area contributed by atoms with Crippen molar-refractivity contribution in [1.29, 1.82) is 0 Å². The van der Waals surface area contributed by atoms with Crippen LogP contribution in [0.2, 0.25) is 0 Å². The van der Waals surface area contributed by atoms with Crippen LogP contribution < -0.4 is 17.5 Å². The fraction of sp³-hybridized carbons (Fsp3) is 0.842. The number of carboxylic acids is 2. The van der Waals surface area contributed by atoms with Crippen LogP contribution in [0.1, 0.15) is 94.2 Å². The minimum atomic E-state index is -0.956. The molecule has 0 aromatic rings. The first-order valence-corrected chi connectivity index (χ1v) is 8.84. The Morgan fingerprint density at radius 2 is 1.21 bits per heavy atom. The molecular weight excluding hydrogens is 452 g/mol. The fourth-order valence-electron chi connectivity index (χ4n) is 0.341. The standard InChI is InChI=1S/2C5H10O2.C4H9Cl.C4H9.CH4.ClH.3Mg.H2O.4H/c2*1-3-4(2)5(6)7;1-3-4(2)5;1-3-4-2;;;;;;;;;;/h2*4H,3H2,1-2H3,(H,6,7);4H,3H2,1-2H3;3H,4H2,1-2H3;1H4;1H;;;;1H2;;;;/q;;;-1;;;3*+2;;4*-1/p-1. The fourth-order valence-corrected chi connectivity index (χ4v) is 0.341. The molecule has 0 aromatic heterocycles. The maximum Gasteiger partial charge on any atom is 2.00 e. The predicted molar refractivity (Wildman–Crippen MR) is 131 cm³/mol. The Kier molecular flexibility index (Phi) is 113. The second-order valence-corrected chi connectivity index (χ2v) is 6.03. The molecule has 0 rings (SSSR count). The molecule has 5 nitrogen and oxygen atoms in total. The van der Waals surface area contributed by atoms with Gasteiger partial charge in [-0.25, -0.2) is 0 Å². The van der Waals surface area contributed by atoms with Crippen molar-refractivity contribution in [2.45, 2.75) is 93.9 Å². The average molecular weight is 500 g/mol. The van der Waals surface area contributed by atoms with E-state index in [9.17, 15) is 14.7 Å². The van der Waals surface area contributed by atoms with E-state index in [1.165, 1.54) is 6.42 Å². The summed E-state index contributed by atoms with van der Waals surface area (Å²) >= 11 is 5.46. The van der Waals surface area contributed by atoms with Crippen LogP contribution >= 0.6 is 11.6 Å². The van der Waals surface area contributed by atoms with E-state index in [1.54, 1.807) is 13.8 Å². The van der Waals surface area contributed by atoms with Gasteiger partial charge in [-0.05, 0) is 32.1 Å². The largest absolute Gasteiger partial charge is 2.00 e. The first-order chi connectivity index (χ1) is 10.5. The van der Waals surface area contributed by atoms with Gasteiger partial charge in [0, 0.05) is 11.3 Å². The summed E-state index contributed by atoms with van der Waals surface area (Å²) in [7, 11) is 0. The summed E-state index contributed by atoms with van der Waals surface area (Å²) in [5, 5.41) is 18.4. The van der Waals surface area contributed by atoms with Gasteiger partial charge in [0.05, 0.1) is 5.92 Å². The molecule has 174 valence electrons. The molecular formula is C19H48Cl2Mg3O5. The zero-order valence-electron chi connectivity index (χ0n) is 23.3. The Morgan fingerprint density at radius 1 is 0.966 bits per heavy atom. The number of hydrogen-bond donors (Lipinski definition) is 1. The molecule has 0 spiro atoms. The summed E-state index contributed by atoms with van der Waals surface area (Å²) in [6.45, 7) is 15.2. The number of halogens is 2. The van der Waals surface area contributed by atoms with Gasteiger partial charge in [-0.15, -0.1) is 11.6 Å². The Balaban J connectivity index is -0.0000000112. The van der Waals surface area contributed by atoms with Gasteiger partial charge in [0.25, 0.3) is 0 Å². The number of carbonyl (C=O) groups is 2. The van der Waals surface area contributed by atoms with Gasteiger partial charge in [0.15, 0.2) is 0 Å². The van der Waals surface area contributed by atoms with Crippen molar-refractivity contribution in [2.75, 3.05) is 0 Å². The summed E-state index contributed by atoms with van der Waals surface area (Å²) in [6, 6.07) is 0. The molecule has 0 fully saturated rings. The second kappa shape index (κ2) is 52.0. The molecule has 3 atom stereocenters. The average Bonchev–Trinajstić information content (AvgIpc) is 2.54. The molecule has 0 radical (unpaired) electrons. The van der Waals surface area contributed by atoms with Gasteiger partial charge < -0.3 is 45.0 Å². The van der Waals surface area contributed by atoms with E-state index in [0.717, 1.165) is 12.8 Å². The van der Waals surface area contributed by atoms with Gasteiger partial charge in [-0.1, -0.05) is 49.0 Å². The third-order valence-corrected chi connectivity index (χ3v) is 3.33. The number of hydrogen-bond acceptors (Lipinski definition) is 3. The van der Waals surface area contributed by atoms with Gasteiger partial charge in [0.2, 0.25) is 0 Å². The van der Waals surface area contributed by atoms with Crippen LogP contribution in [-0.2, 0) is 15.1 Å². The Bertz CT molecular complexity index is 272. The van der Waals surface area contributed by atoms with E-state index >= 15 is 0 Å². The number of carboxylic acid groups (broad SMARTS) is 2. The maximum atomic E-state index is 9.93. The van der Waals surface area contributed by atoms with Crippen LogP contribution in [0.3, 0.4) is 0 Å². The first-order valence-electron chi connectivity index (χ1n) is 8.40. The summed E-state index contributed by atoms with van der Waals surface area (Å²) in [5.41, 5.74) is 0. The Labute approximate surface area is 246 Å². The smallest absolute Gasteiger partial charge is 1.00 e. The molecule has 0 aliphatic heterocycles. The minimum Gasteiger partial charge on any atom is -1.00 e. The SMILES string of the molecule is C.CCC(C)C(=O)O.CCC(C)C(=O)[O-].CCC(C)Cl.C[CH-]CC.[Cl-].[H-].[H-].[H-].[H-].[Mg+2].[Mg+2].[Mg+2].[OH3+]. The van der Waals surface area contributed by atoms with E-state index < -0.39 is 11.9 Å². The molecule has 0 saturated carbocycles. The minimum absolute atomic E-state index is 0. The number of unbranched alkanes of at least 4 members (excludes halogenated alkanes) is 1.